The summed E-state index contributed by atoms with van der Waals surface area (Å²) < 4.78 is 12.9. The molecule has 0 saturated heterocycles. The number of carbonyl (C=O) groups is 1. The van der Waals surface area contributed by atoms with Gasteiger partial charge in [0.1, 0.15) is 5.82 Å². The molecule has 1 aromatic carbocycles. The number of pyridine rings is 1. The molecule has 7 heteroatoms. The summed E-state index contributed by atoms with van der Waals surface area (Å²) in [5.74, 6) is -0.104. The average molecular weight is 345 g/mol. The zero-order valence-electron chi connectivity index (χ0n) is 11.9. The topological polar surface area (TPSA) is 54.9 Å². The number of thioether (sulfide) groups is 1. The molecule has 0 fully saturated rings. The fourth-order valence-corrected chi connectivity index (χ4v) is 3.24. The van der Waals surface area contributed by atoms with Crippen LogP contribution in [0.1, 0.15) is 0 Å². The first-order chi connectivity index (χ1) is 11.2. The lowest BCUT2D eigenvalue weighted by Crippen LogP contribution is -2.13. The number of carbonyl (C=O) groups excluding carboxylic acids is 1. The van der Waals surface area contributed by atoms with Gasteiger partial charge in [-0.05, 0) is 36.4 Å². The van der Waals surface area contributed by atoms with Crippen LogP contribution in [0.4, 0.5) is 9.52 Å². The Bertz CT molecular complexity index is 791. The predicted octanol–water partition coefficient (Wildman–Crippen LogP) is 4.08. The van der Waals surface area contributed by atoms with Gasteiger partial charge in [-0.15, -0.1) is 23.1 Å². The Morgan fingerprint density at radius 3 is 2.65 bits per heavy atom. The van der Waals surface area contributed by atoms with Crippen LogP contribution < -0.4 is 5.32 Å². The maximum absolute atomic E-state index is 12.9. The lowest BCUT2D eigenvalue weighted by molar-refractivity contribution is -0.113. The standard InChI is InChI=1S/C16H12FN3OS2/c17-12-3-1-11(2-4-12)14-9-23-16(19-14)20-15(21)10-22-13-5-7-18-8-6-13/h1-9H,10H2,(H,19,20,21). The van der Waals surface area contributed by atoms with Gasteiger partial charge in [-0.3, -0.25) is 9.78 Å². The number of nitrogens with one attached hydrogen (secondary N) is 1. The highest BCUT2D eigenvalue weighted by Gasteiger charge is 2.08. The van der Waals surface area contributed by atoms with Crippen LogP contribution in [0.2, 0.25) is 0 Å². The van der Waals surface area contributed by atoms with Crippen LogP contribution >= 0.6 is 23.1 Å². The van der Waals surface area contributed by atoms with E-state index in [9.17, 15) is 9.18 Å². The maximum Gasteiger partial charge on any atom is 0.236 e. The summed E-state index contributed by atoms with van der Waals surface area (Å²) in [7, 11) is 0. The molecule has 0 bridgehead atoms. The minimum absolute atomic E-state index is 0.119. The number of amides is 1. The van der Waals surface area contributed by atoms with Crippen LogP contribution in [0, 0.1) is 5.82 Å². The van der Waals surface area contributed by atoms with Gasteiger partial charge in [-0.1, -0.05) is 0 Å². The second-order valence-corrected chi connectivity index (χ2v) is 6.47. The van der Waals surface area contributed by atoms with Crippen LogP contribution in [-0.4, -0.2) is 21.6 Å². The molecule has 1 N–H and O–H groups in total. The number of thiazole rings is 1. The SMILES string of the molecule is O=C(CSc1ccncc1)Nc1nc(-c2ccc(F)cc2)cs1. The summed E-state index contributed by atoms with van der Waals surface area (Å²) >= 11 is 2.78. The first-order valence-corrected chi connectivity index (χ1v) is 8.61. The molecule has 0 radical (unpaired) electrons. The highest BCUT2D eigenvalue weighted by atomic mass is 32.2. The third-order valence-corrected chi connectivity index (χ3v) is 4.68. The molecule has 0 unspecified atom stereocenters. The number of aromatic nitrogens is 2. The number of halogens is 1. The van der Waals surface area contributed by atoms with Gasteiger partial charge in [0.15, 0.2) is 5.13 Å². The van der Waals surface area contributed by atoms with E-state index in [0.717, 1.165) is 10.5 Å². The van der Waals surface area contributed by atoms with Gasteiger partial charge in [0, 0.05) is 28.2 Å². The average Bonchev–Trinajstić information content (AvgIpc) is 3.03. The Labute approximate surface area is 140 Å². The molecule has 0 aliphatic rings. The van der Waals surface area contributed by atoms with E-state index >= 15 is 0 Å². The second kappa shape index (κ2) is 7.34. The molecule has 0 atom stereocenters. The van der Waals surface area contributed by atoms with Crippen LogP contribution in [0.15, 0.2) is 59.1 Å². The minimum atomic E-state index is -0.286. The van der Waals surface area contributed by atoms with Gasteiger partial charge in [-0.25, -0.2) is 9.37 Å². The van der Waals surface area contributed by atoms with Crippen LogP contribution in [0.3, 0.4) is 0 Å². The number of benzene rings is 1. The van der Waals surface area contributed by atoms with Crippen molar-refractivity contribution in [3.8, 4) is 11.3 Å². The van der Waals surface area contributed by atoms with Crippen molar-refractivity contribution < 1.29 is 9.18 Å². The predicted molar refractivity (Wildman–Crippen MR) is 91.1 cm³/mol. The molecular formula is C16H12FN3OS2. The second-order valence-electron chi connectivity index (χ2n) is 4.56. The van der Waals surface area contributed by atoms with Crippen molar-refractivity contribution in [2.24, 2.45) is 0 Å². The Balaban J connectivity index is 1.58. The third kappa shape index (κ3) is 4.37. The summed E-state index contributed by atoms with van der Waals surface area (Å²) in [6.07, 6.45) is 3.38. The number of rotatable bonds is 5. The molecule has 116 valence electrons. The maximum atomic E-state index is 12.9. The molecule has 4 nitrogen and oxygen atoms in total. The number of nitrogens with zero attached hydrogens (tertiary/aromatic N) is 2. The zero-order chi connectivity index (χ0) is 16.1. The largest absolute Gasteiger partial charge is 0.301 e. The smallest absolute Gasteiger partial charge is 0.236 e. The number of hydrogen-bond donors (Lipinski definition) is 1. The van der Waals surface area contributed by atoms with E-state index in [1.807, 2.05) is 17.5 Å². The van der Waals surface area contributed by atoms with Gasteiger partial charge >= 0.3 is 0 Å². The van der Waals surface area contributed by atoms with Crippen LogP contribution in [-0.2, 0) is 4.79 Å². The van der Waals surface area contributed by atoms with Gasteiger partial charge in [0.25, 0.3) is 0 Å². The minimum Gasteiger partial charge on any atom is -0.301 e. The van der Waals surface area contributed by atoms with Crippen molar-refractivity contribution >= 4 is 34.1 Å². The molecule has 2 heterocycles. The summed E-state index contributed by atoms with van der Waals surface area (Å²) in [6, 6.07) is 9.81. The molecule has 0 saturated carbocycles. The summed E-state index contributed by atoms with van der Waals surface area (Å²) in [5, 5.41) is 5.14. The number of hydrogen-bond acceptors (Lipinski definition) is 5. The van der Waals surface area contributed by atoms with Crippen LogP contribution in [0.25, 0.3) is 11.3 Å². The van der Waals surface area contributed by atoms with Gasteiger partial charge in [0.2, 0.25) is 5.91 Å². The molecule has 1 amide bonds. The van der Waals surface area contributed by atoms with Crippen molar-refractivity contribution in [2.75, 3.05) is 11.1 Å². The Morgan fingerprint density at radius 1 is 1.17 bits per heavy atom. The molecule has 0 spiro atoms. The van der Waals surface area contributed by atoms with E-state index in [4.69, 9.17) is 0 Å². The summed E-state index contributed by atoms with van der Waals surface area (Å²) in [5.41, 5.74) is 1.53. The summed E-state index contributed by atoms with van der Waals surface area (Å²) in [6.45, 7) is 0. The monoisotopic (exact) mass is 345 g/mol. The van der Waals surface area contributed by atoms with Crippen molar-refractivity contribution in [3.05, 3.63) is 60.0 Å². The first kappa shape index (κ1) is 15.6. The molecule has 0 aliphatic carbocycles. The van der Waals surface area contributed by atoms with E-state index in [1.54, 1.807) is 24.5 Å². The zero-order valence-corrected chi connectivity index (χ0v) is 13.5. The molecule has 0 aliphatic heterocycles. The Hall–Kier alpha value is -2.25. The highest BCUT2D eigenvalue weighted by molar-refractivity contribution is 8.00. The van der Waals surface area contributed by atoms with Gasteiger partial charge < -0.3 is 5.32 Å². The quantitative estimate of drug-likeness (QED) is 0.708. The van der Waals surface area contributed by atoms with Crippen LogP contribution in [0.5, 0.6) is 0 Å². The number of anilines is 1. The fourth-order valence-electron chi connectivity index (χ4n) is 1.82. The summed E-state index contributed by atoms with van der Waals surface area (Å²) in [4.78, 5) is 21.2. The highest BCUT2D eigenvalue weighted by Crippen LogP contribution is 2.25. The molecule has 3 aromatic rings. The van der Waals surface area contributed by atoms with Crippen molar-refractivity contribution in [3.63, 3.8) is 0 Å². The van der Waals surface area contributed by atoms with E-state index in [2.05, 4.69) is 15.3 Å². The van der Waals surface area contributed by atoms with Crippen molar-refractivity contribution in [1.82, 2.24) is 9.97 Å². The van der Waals surface area contributed by atoms with E-state index in [-0.39, 0.29) is 11.7 Å². The van der Waals surface area contributed by atoms with Gasteiger partial charge in [-0.2, -0.15) is 0 Å². The molecule has 3 rings (SSSR count). The molecule has 23 heavy (non-hydrogen) atoms. The first-order valence-electron chi connectivity index (χ1n) is 6.75. The van der Waals surface area contributed by atoms with E-state index in [1.165, 1.54) is 35.2 Å². The molecule has 2 aromatic heterocycles. The Kier molecular flexibility index (Phi) is 4.99. The molecular weight excluding hydrogens is 333 g/mol. The lowest BCUT2D eigenvalue weighted by atomic mass is 10.2. The Morgan fingerprint density at radius 2 is 1.91 bits per heavy atom. The lowest BCUT2D eigenvalue weighted by Gasteiger charge is -2.01. The van der Waals surface area contributed by atoms with Gasteiger partial charge in [0.05, 0.1) is 11.4 Å². The normalized spacial score (nSPS) is 10.5. The van der Waals surface area contributed by atoms with E-state index < -0.39 is 0 Å². The van der Waals surface area contributed by atoms with E-state index in [0.29, 0.717) is 16.6 Å². The third-order valence-electron chi connectivity index (χ3n) is 2.91. The van der Waals surface area contributed by atoms with Crippen molar-refractivity contribution in [2.45, 2.75) is 4.90 Å². The van der Waals surface area contributed by atoms with Crippen molar-refractivity contribution in [1.29, 1.82) is 0 Å². The fraction of sp³-hybridized carbons (Fsp3) is 0.0625.